The fraction of sp³-hybridized carbons (Fsp3) is 0.625. The van der Waals surface area contributed by atoms with Crippen LogP contribution in [0, 0.1) is 17.6 Å². The fourth-order valence-corrected chi connectivity index (χ4v) is 3.02. The minimum atomic E-state index is -0.445. The van der Waals surface area contributed by atoms with Crippen LogP contribution in [0.2, 0.25) is 0 Å². The molecule has 20 heavy (non-hydrogen) atoms. The lowest BCUT2D eigenvalue weighted by molar-refractivity contribution is 0.561. The molecule has 1 aliphatic heterocycles. The Hall–Kier alpha value is -1.16. The minimum Gasteiger partial charge on any atom is -0.364 e. The summed E-state index contributed by atoms with van der Waals surface area (Å²) in [6.07, 6.45) is 1.99. The number of benzene rings is 1. The summed E-state index contributed by atoms with van der Waals surface area (Å²) < 4.78 is 28.5. The van der Waals surface area contributed by atoms with Gasteiger partial charge in [0.05, 0.1) is 0 Å². The highest BCUT2D eigenvalue weighted by Crippen LogP contribution is 2.33. The Labute approximate surface area is 120 Å². The van der Waals surface area contributed by atoms with Crippen molar-refractivity contribution in [1.29, 1.82) is 0 Å². The van der Waals surface area contributed by atoms with Gasteiger partial charge in [-0.1, -0.05) is 13.8 Å². The molecule has 0 radical (unpaired) electrons. The van der Waals surface area contributed by atoms with Gasteiger partial charge < -0.3 is 10.2 Å². The maximum absolute atomic E-state index is 14.3. The predicted molar refractivity (Wildman–Crippen MR) is 78.9 cm³/mol. The molecule has 1 heterocycles. The molecule has 1 saturated heterocycles. The molecule has 2 unspecified atom stereocenters. The van der Waals surface area contributed by atoms with Gasteiger partial charge in [-0.15, -0.1) is 0 Å². The minimum absolute atomic E-state index is 0.140. The zero-order valence-electron chi connectivity index (χ0n) is 12.5. The van der Waals surface area contributed by atoms with Crippen molar-refractivity contribution < 1.29 is 8.78 Å². The first-order chi connectivity index (χ1) is 9.52. The van der Waals surface area contributed by atoms with E-state index in [-0.39, 0.29) is 11.7 Å². The van der Waals surface area contributed by atoms with Crippen molar-refractivity contribution >= 4 is 5.69 Å². The molecule has 2 nitrogen and oxygen atoms in total. The van der Waals surface area contributed by atoms with Crippen LogP contribution in [0.15, 0.2) is 12.1 Å². The van der Waals surface area contributed by atoms with Gasteiger partial charge in [0.25, 0.3) is 0 Å². The quantitative estimate of drug-likeness (QED) is 0.828. The summed E-state index contributed by atoms with van der Waals surface area (Å²) in [5, 5.41) is 3.16. The standard InChI is InChI=1S/C16H24F2N2/c1-4-5-19-9-13-7-14(17)16(15(18)8-13)20-10-11(2)6-12(20)3/h7-8,11-12,19H,4-6,9-10H2,1-3H3. The van der Waals surface area contributed by atoms with Crippen LogP contribution in [0.25, 0.3) is 0 Å². The summed E-state index contributed by atoms with van der Waals surface area (Å²) in [5.41, 5.74) is 0.804. The van der Waals surface area contributed by atoms with Crippen LogP contribution in [0.3, 0.4) is 0 Å². The van der Waals surface area contributed by atoms with E-state index in [1.54, 1.807) is 0 Å². The summed E-state index contributed by atoms with van der Waals surface area (Å²) in [7, 11) is 0. The molecule has 1 N–H and O–H groups in total. The Morgan fingerprint density at radius 3 is 2.40 bits per heavy atom. The summed E-state index contributed by atoms with van der Waals surface area (Å²) in [6.45, 7) is 8.30. The SMILES string of the molecule is CCCNCc1cc(F)c(N2CC(C)CC2C)c(F)c1. The zero-order chi connectivity index (χ0) is 14.7. The van der Waals surface area contributed by atoms with Gasteiger partial charge in [0, 0.05) is 19.1 Å². The second-order valence-electron chi connectivity index (χ2n) is 5.93. The van der Waals surface area contributed by atoms with Crippen LogP contribution in [0.4, 0.5) is 14.5 Å². The largest absolute Gasteiger partial charge is 0.364 e. The predicted octanol–water partition coefficient (Wildman–Crippen LogP) is 3.70. The van der Waals surface area contributed by atoms with Gasteiger partial charge in [-0.2, -0.15) is 0 Å². The lowest BCUT2D eigenvalue weighted by atomic mass is 10.1. The third-order valence-electron chi connectivity index (χ3n) is 3.90. The first-order valence-electron chi connectivity index (χ1n) is 7.48. The van der Waals surface area contributed by atoms with Gasteiger partial charge in [0.2, 0.25) is 0 Å². The molecule has 0 aliphatic carbocycles. The van der Waals surface area contributed by atoms with Crippen molar-refractivity contribution in [2.45, 2.75) is 46.2 Å². The highest BCUT2D eigenvalue weighted by Gasteiger charge is 2.30. The van der Waals surface area contributed by atoms with Crippen molar-refractivity contribution in [3.05, 3.63) is 29.3 Å². The highest BCUT2D eigenvalue weighted by atomic mass is 19.1. The Kier molecular flexibility index (Phi) is 4.97. The molecule has 0 aromatic heterocycles. The van der Waals surface area contributed by atoms with E-state index in [9.17, 15) is 8.78 Å². The molecule has 1 aromatic rings. The van der Waals surface area contributed by atoms with Crippen LogP contribution < -0.4 is 10.2 Å². The van der Waals surface area contributed by atoms with E-state index in [1.165, 1.54) is 12.1 Å². The lowest BCUT2D eigenvalue weighted by Crippen LogP contribution is -2.29. The molecule has 2 rings (SSSR count). The normalized spacial score (nSPS) is 22.6. The monoisotopic (exact) mass is 282 g/mol. The van der Waals surface area contributed by atoms with Gasteiger partial charge in [-0.3, -0.25) is 0 Å². The number of hydrogen-bond acceptors (Lipinski definition) is 2. The van der Waals surface area contributed by atoms with E-state index in [0.29, 0.717) is 18.0 Å². The van der Waals surface area contributed by atoms with Gasteiger partial charge in [-0.05, 0) is 49.9 Å². The van der Waals surface area contributed by atoms with Crippen molar-refractivity contribution in [3.8, 4) is 0 Å². The number of nitrogens with one attached hydrogen (secondary N) is 1. The van der Waals surface area contributed by atoms with Crippen LogP contribution in [0.5, 0.6) is 0 Å². The van der Waals surface area contributed by atoms with Crippen LogP contribution in [-0.2, 0) is 6.54 Å². The molecule has 0 amide bonds. The molecule has 1 aromatic carbocycles. The summed E-state index contributed by atoms with van der Waals surface area (Å²) in [5.74, 6) is -0.409. The second-order valence-corrected chi connectivity index (χ2v) is 5.93. The lowest BCUT2D eigenvalue weighted by Gasteiger charge is -2.25. The van der Waals surface area contributed by atoms with E-state index < -0.39 is 11.6 Å². The number of anilines is 1. The van der Waals surface area contributed by atoms with E-state index in [0.717, 1.165) is 25.9 Å². The molecular weight excluding hydrogens is 258 g/mol. The van der Waals surface area contributed by atoms with E-state index in [4.69, 9.17) is 0 Å². The topological polar surface area (TPSA) is 15.3 Å². The van der Waals surface area contributed by atoms with Gasteiger partial charge >= 0.3 is 0 Å². The third kappa shape index (κ3) is 3.29. The Balaban J connectivity index is 2.18. The first kappa shape index (κ1) is 15.2. The number of halogens is 2. The molecule has 4 heteroatoms. The van der Waals surface area contributed by atoms with Crippen molar-refractivity contribution in [3.63, 3.8) is 0 Å². The van der Waals surface area contributed by atoms with E-state index in [1.807, 2.05) is 11.8 Å². The highest BCUT2D eigenvalue weighted by molar-refractivity contribution is 5.52. The summed E-state index contributed by atoms with van der Waals surface area (Å²) in [6, 6.07) is 3.10. The van der Waals surface area contributed by atoms with Crippen molar-refractivity contribution in [1.82, 2.24) is 5.32 Å². The fourth-order valence-electron chi connectivity index (χ4n) is 3.02. The van der Waals surface area contributed by atoms with Crippen LogP contribution in [-0.4, -0.2) is 19.1 Å². The molecule has 0 spiro atoms. The Bertz CT molecular complexity index is 439. The molecule has 1 aliphatic rings. The average Bonchev–Trinajstić information content (AvgIpc) is 2.68. The third-order valence-corrected chi connectivity index (χ3v) is 3.90. The van der Waals surface area contributed by atoms with Crippen LogP contribution >= 0.6 is 0 Å². The summed E-state index contributed by atoms with van der Waals surface area (Å²) in [4.78, 5) is 1.86. The van der Waals surface area contributed by atoms with Crippen LogP contribution in [0.1, 0.15) is 39.2 Å². The molecule has 0 bridgehead atoms. The number of nitrogens with zero attached hydrogens (tertiary/aromatic N) is 1. The van der Waals surface area contributed by atoms with Gasteiger partial charge in [0.1, 0.15) is 17.3 Å². The van der Waals surface area contributed by atoms with Gasteiger partial charge in [-0.25, -0.2) is 8.78 Å². The molecule has 2 atom stereocenters. The van der Waals surface area contributed by atoms with Crippen molar-refractivity contribution in [2.24, 2.45) is 5.92 Å². The molecule has 112 valence electrons. The second kappa shape index (κ2) is 6.53. The molecule has 0 saturated carbocycles. The smallest absolute Gasteiger partial charge is 0.149 e. The maximum Gasteiger partial charge on any atom is 0.149 e. The molecule has 1 fully saturated rings. The van der Waals surface area contributed by atoms with E-state index in [2.05, 4.69) is 19.2 Å². The average molecular weight is 282 g/mol. The molecular formula is C16H24F2N2. The zero-order valence-corrected chi connectivity index (χ0v) is 12.5. The Morgan fingerprint density at radius 2 is 1.90 bits per heavy atom. The van der Waals surface area contributed by atoms with E-state index >= 15 is 0 Å². The van der Waals surface area contributed by atoms with Gasteiger partial charge in [0.15, 0.2) is 0 Å². The van der Waals surface area contributed by atoms with Crippen molar-refractivity contribution in [2.75, 3.05) is 18.0 Å². The number of hydrogen-bond donors (Lipinski definition) is 1. The maximum atomic E-state index is 14.3. The summed E-state index contributed by atoms with van der Waals surface area (Å²) >= 11 is 0. The number of rotatable bonds is 5. The Morgan fingerprint density at radius 1 is 1.25 bits per heavy atom. The first-order valence-corrected chi connectivity index (χ1v) is 7.48.